The van der Waals surface area contributed by atoms with Gasteiger partial charge in [0.2, 0.25) is 5.91 Å². The van der Waals surface area contributed by atoms with Gasteiger partial charge in [-0.1, -0.05) is 11.8 Å². The van der Waals surface area contributed by atoms with Crippen molar-refractivity contribution in [1.82, 2.24) is 14.8 Å². The van der Waals surface area contributed by atoms with E-state index >= 15 is 0 Å². The summed E-state index contributed by atoms with van der Waals surface area (Å²) in [7, 11) is 0. The number of benzene rings is 2. The van der Waals surface area contributed by atoms with Crippen LogP contribution in [-0.4, -0.2) is 26.4 Å². The van der Waals surface area contributed by atoms with Gasteiger partial charge in [-0.05, 0) is 69.3 Å². The second kappa shape index (κ2) is 10.2. The molecule has 0 bridgehead atoms. The van der Waals surface area contributed by atoms with Crippen molar-refractivity contribution in [3.05, 3.63) is 65.7 Å². The minimum atomic E-state index is -4.44. The number of hydrogen-bond acceptors (Lipinski definition) is 5. The topological polar surface area (TPSA) is 69.0 Å². The second-order valence-corrected chi connectivity index (χ2v) is 8.37. The van der Waals surface area contributed by atoms with Gasteiger partial charge in [-0.15, -0.1) is 10.2 Å². The number of aromatic nitrogens is 3. The van der Waals surface area contributed by atoms with Gasteiger partial charge in [-0.25, -0.2) is 4.39 Å². The van der Waals surface area contributed by atoms with Crippen LogP contribution in [0.15, 0.2) is 53.7 Å². The van der Waals surface area contributed by atoms with Gasteiger partial charge in [0.25, 0.3) is 0 Å². The van der Waals surface area contributed by atoms with Crippen molar-refractivity contribution >= 4 is 23.4 Å². The fourth-order valence-corrected chi connectivity index (χ4v) is 3.86. The van der Waals surface area contributed by atoms with Crippen LogP contribution in [0.3, 0.4) is 0 Å². The quantitative estimate of drug-likeness (QED) is 0.320. The largest absolute Gasteiger partial charge is 0.483 e. The van der Waals surface area contributed by atoms with E-state index in [0.717, 1.165) is 23.9 Å². The number of ether oxygens (including phenoxy) is 1. The van der Waals surface area contributed by atoms with Crippen LogP contribution in [0.5, 0.6) is 5.75 Å². The highest BCUT2D eigenvalue weighted by molar-refractivity contribution is 7.99. The van der Waals surface area contributed by atoms with Gasteiger partial charge >= 0.3 is 6.18 Å². The number of nitrogens with one attached hydrogen (secondary N) is 1. The lowest BCUT2D eigenvalue weighted by Crippen LogP contribution is -2.16. The normalized spacial score (nSPS) is 12.6. The zero-order valence-electron chi connectivity index (χ0n) is 18.1. The predicted molar refractivity (Wildman–Crippen MR) is 117 cm³/mol. The number of anilines is 1. The van der Waals surface area contributed by atoms with E-state index in [1.165, 1.54) is 36.4 Å². The number of alkyl halides is 3. The number of thioether (sulfide) groups is 1. The van der Waals surface area contributed by atoms with E-state index in [9.17, 15) is 22.4 Å². The fraction of sp³-hybridized carbons (Fsp3) is 0.318. The van der Waals surface area contributed by atoms with Crippen LogP contribution < -0.4 is 10.1 Å². The third-order valence-corrected chi connectivity index (χ3v) is 5.47. The monoisotopic (exact) mass is 482 g/mol. The standard InChI is InChI=1S/C22H22F4N4O2S/c1-13(2)30-20(14(3)32-18-10-6-16(23)7-11-18)28-29-21(30)33-12-19(31)27-17-8-4-15(5-9-17)22(24,25)26/h4-11,13-14H,12H2,1-3H3,(H,27,31). The molecule has 0 aliphatic rings. The van der Waals surface area contributed by atoms with E-state index < -0.39 is 23.8 Å². The number of carbonyl (C=O) groups is 1. The fourth-order valence-electron chi connectivity index (χ4n) is 2.99. The van der Waals surface area contributed by atoms with Crippen molar-refractivity contribution in [2.75, 3.05) is 11.1 Å². The van der Waals surface area contributed by atoms with Crippen molar-refractivity contribution < 1.29 is 27.1 Å². The Balaban J connectivity index is 1.64. The molecule has 6 nitrogen and oxygen atoms in total. The molecule has 0 spiro atoms. The smallest absolute Gasteiger partial charge is 0.416 e. The molecule has 0 saturated carbocycles. The molecule has 3 aromatic rings. The average molecular weight is 483 g/mol. The van der Waals surface area contributed by atoms with Crippen molar-refractivity contribution in [1.29, 1.82) is 0 Å². The molecular weight excluding hydrogens is 460 g/mol. The molecular formula is C22H22F4N4O2S. The van der Waals surface area contributed by atoms with E-state index in [1.807, 2.05) is 18.4 Å². The minimum Gasteiger partial charge on any atom is -0.483 e. The SMILES string of the molecule is CC(Oc1ccc(F)cc1)c1nnc(SCC(=O)Nc2ccc(C(F)(F)F)cc2)n1C(C)C. The van der Waals surface area contributed by atoms with Gasteiger partial charge in [-0.3, -0.25) is 4.79 Å². The molecule has 0 aliphatic carbocycles. The summed E-state index contributed by atoms with van der Waals surface area (Å²) in [5, 5.41) is 11.4. The Labute approximate surface area is 192 Å². The summed E-state index contributed by atoms with van der Waals surface area (Å²) in [5.41, 5.74) is -0.523. The summed E-state index contributed by atoms with van der Waals surface area (Å²) < 4.78 is 58.8. The highest BCUT2D eigenvalue weighted by Crippen LogP contribution is 2.30. The van der Waals surface area contributed by atoms with Crippen molar-refractivity contribution in [3.8, 4) is 5.75 Å². The summed E-state index contributed by atoms with van der Waals surface area (Å²) in [6, 6.07) is 9.82. The van der Waals surface area contributed by atoms with Crippen molar-refractivity contribution in [2.45, 2.75) is 44.2 Å². The lowest BCUT2D eigenvalue weighted by atomic mass is 10.2. The lowest BCUT2D eigenvalue weighted by molar-refractivity contribution is -0.137. The highest BCUT2D eigenvalue weighted by Gasteiger charge is 2.30. The van der Waals surface area contributed by atoms with E-state index in [2.05, 4.69) is 15.5 Å². The molecule has 0 fully saturated rings. The minimum absolute atomic E-state index is 0.0148. The summed E-state index contributed by atoms with van der Waals surface area (Å²) in [4.78, 5) is 12.3. The highest BCUT2D eigenvalue weighted by atomic mass is 32.2. The van der Waals surface area contributed by atoms with Crippen LogP contribution in [0.4, 0.5) is 23.2 Å². The first-order valence-electron chi connectivity index (χ1n) is 10.0. The Morgan fingerprint density at radius 2 is 1.70 bits per heavy atom. The number of nitrogens with zero attached hydrogens (tertiary/aromatic N) is 3. The van der Waals surface area contributed by atoms with E-state index in [-0.39, 0.29) is 23.3 Å². The van der Waals surface area contributed by atoms with Crippen LogP contribution in [0.1, 0.15) is 44.3 Å². The molecule has 0 radical (unpaired) electrons. The molecule has 1 amide bonds. The average Bonchev–Trinajstić information content (AvgIpc) is 3.18. The van der Waals surface area contributed by atoms with Crippen LogP contribution in [-0.2, 0) is 11.0 Å². The second-order valence-electron chi connectivity index (χ2n) is 7.43. The summed E-state index contributed by atoms with van der Waals surface area (Å²) in [5.74, 6) is 0.246. The van der Waals surface area contributed by atoms with Gasteiger partial charge in [0.15, 0.2) is 17.1 Å². The van der Waals surface area contributed by atoms with E-state index in [0.29, 0.717) is 16.7 Å². The maximum absolute atomic E-state index is 13.1. The number of rotatable bonds is 8. The molecule has 1 aromatic heterocycles. The Morgan fingerprint density at radius 3 is 2.27 bits per heavy atom. The number of carbonyl (C=O) groups excluding carboxylic acids is 1. The van der Waals surface area contributed by atoms with E-state index in [4.69, 9.17) is 4.74 Å². The van der Waals surface area contributed by atoms with Gasteiger partial charge in [-0.2, -0.15) is 13.2 Å². The lowest BCUT2D eigenvalue weighted by Gasteiger charge is -2.18. The van der Waals surface area contributed by atoms with Gasteiger partial charge in [0, 0.05) is 11.7 Å². The first-order valence-corrected chi connectivity index (χ1v) is 11.0. The van der Waals surface area contributed by atoms with E-state index in [1.54, 1.807) is 6.92 Å². The third-order valence-electron chi connectivity index (χ3n) is 4.53. The Hall–Kier alpha value is -3.08. The molecule has 1 N–H and O–H groups in total. The zero-order chi connectivity index (χ0) is 24.2. The van der Waals surface area contributed by atoms with Gasteiger partial charge in [0.05, 0.1) is 11.3 Å². The van der Waals surface area contributed by atoms with Crippen molar-refractivity contribution in [2.24, 2.45) is 0 Å². The molecule has 1 unspecified atom stereocenters. The number of amides is 1. The first kappa shape index (κ1) is 24.6. The van der Waals surface area contributed by atoms with Crippen LogP contribution in [0, 0.1) is 5.82 Å². The molecule has 11 heteroatoms. The summed E-state index contributed by atoms with van der Waals surface area (Å²) in [6.45, 7) is 5.66. The Morgan fingerprint density at radius 1 is 1.06 bits per heavy atom. The molecule has 0 saturated heterocycles. The zero-order valence-corrected chi connectivity index (χ0v) is 18.9. The van der Waals surface area contributed by atoms with Crippen LogP contribution in [0.2, 0.25) is 0 Å². The van der Waals surface area contributed by atoms with Crippen molar-refractivity contribution in [3.63, 3.8) is 0 Å². The maximum atomic E-state index is 13.1. The Kier molecular flexibility index (Phi) is 7.62. The number of halogens is 4. The molecule has 2 aromatic carbocycles. The van der Waals surface area contributed by atoms with Gasteiger partial charge < -0.3 is 14.6 Å². The summed E-state index contributed by atoms with van der Waals surface area (Å²) >= 11 is 1.15. The molecule has 0 aliphatic heterocycles. The molecule has 33 heavy (non-hydrogen) atoms. The van der Waals surface area contributed by atoms with Crippen LogP contribution >= 0.6 is 11.8 Å². The first-order chi connectivity index (χ1) is 15.5. The number of hydrogen-bond donors (Lipinski definition) is 1. The maximum Gasteiger partial charge on any atom is 0.416 e. The Bertz CT molecular complexity index is 1080. The molecule has 176 valence electrons. The molecule has 3 rings (SSSR count). The molecule has 1 heterocycles. The van der Waals surface area contributed by atoms with Crippen LogP contribution in [0.25, 0.3) is 0 Å². The van der Waals surface area contributed by atoms with Gasteiger partial charge in [0.1, 0.15) is 11.6 Å². The predicted octanol–water partition coefficient (Wildman–Crippen LogP) is 5.89. The molecule has 1 atom stereocenters. The summed E-state index contributed by atoms with van der Waals surface area (Å²) in [6.07, 6.45) is -4.92. The third kappa shape index (κ3) is 6.47.